The van der Waals surface area contributed by atoms with Gasteiger partial charge in [0.25, 0.3) is 0 Å². The molecule has 3 heteroatoms. The van der Waals surface area contributed by atoms with Crippen molar-refractivity contribution in [1.29, 1.82) is 0 Å². The van der Waals surface area contributed by atoms with Crippen molar-refractivity contribution in [2.75, 3.05) is 0 Å². The molecule has 1 nitrogen and oxygen atoms in total. The van der Waals surface area contributed by atoms with Gasteiger partial charge in [-0.3, -0.25) is 0 Å². The minimum Gasteiger partial charge on any atom is -0.389 e. The van der Waals surface area contributed by atoms with E-state index in [0.29, 0.717) is 5.02 Å². The van der Waals surface area contributed by atoms with E-state index in [9.17, 15) is 5.11 Å². The first-order chi connectivity index (χ1) is 6.50. The molecule has 0 aliphatic carbocycles. The quantitative estimate of drug-likeness (QED) is 0.868. The minimum atomic E-state index is -0.413. The van der Waals surface area contributed by atoms with Gasteiger partial charge in [0.15, 0.2) is 0 Å². The van der Waals surface area contributed by atoms with Gasteiger partial charge in [0, 0.05) is 4.47 Å². The first-order valence-electron chi connectivity index (χ1n) is 4.32. The van der Waals surface area contributed by atoms with E-state index in [1.54, 1.807) is 6.92 Å². The Labute approximate surface area is 97.5 Å². The minimum absolute atomic E-state index is 0.413. The van der Waals surface area contributed by atoms with Gasteiger partial charge in [-0.1, -0.05) is 23.7 Å². The Kier molecular flexibility index (Phi) is 4.17. The molecule has 0 fully saturated rings. The summed E-state index contributed by atoms with van der Waals surface area (Å²) in [4.78, 5) is 0. The van der Waals surface area contributed by atoms with Crippen LogP contribution in [-0.4, -0.2) is 11.2 Å². The summed E-state index contributed by atoms with van der Waals surface area (Å²) in [5.74, 6) is 0. The van der Waals surface area contributed by atoms with E-state index < -0.39 is 6.10 Å². The van der Waals surface area contributed by atoms with E-state index in [4.69, 9.17) is 11.6 Å². The van der Waals surface area contributed by atoms with Crippen molar-refractivity contribution in [3.8, 4) is 0 Å². The van der Waals surface area contributed by atoms with E-state index in [0.717, 1.165) is 15.6 Å². The smallest absolute Gasteiger partial charge is 0.0722 e. The SMILES string of the molecule is C/C(=C\c1ccc(Cl)c(Br)c1)C(C)O. The summed E-state index contributed by atoms with van der Waals surface area (Å²) in [5, 5.41) is 9.99. The van der Waals surface area contributed by atoms with E-state index in [1.165, 1.54) is 0 Å². The largest absolute Gasteiger partial charge is 0.389 e. The normalized spacial score (nSPS) is 14.2. The van der Waals surface area contributed by atoms with Gasteiger partial charge in [-0.15, -0.1) is 0 Å². The summed E-state index contributed by atoms with van der Waals surface area (Å²) in [6, 6.07) is 5.67. The molecule has 0 radical (unpaired) electrons. The summed E-state index contributed by atoms with van der Waals surface area (Å²) >= 11 is 9.21. The van der Waals surface area contributed by atoms with Crippen molar-refractivity contribution in [3.05, 3.63) is 38.8 Å². The Bertz CT molecular complexity index is 358. The number of benzene rings is 1. The highest BCUT2D eigenvalue weighted by molar-refractivity contribution is 9.10. The number of rotatable bonds is 2. The highest BCUT2D eigenvalue weighted by Gasteiger charge is 2.00. The van der Waals surface area contributed by atoms with Crippen LogP contribution in [0.5, 0.6) is 0 Å². The summed E-state index contributed by atoms with van der Waals surface area (Å²) in [6.45, 7) is 3.64. The summed E-state index contributed by atoms with van der Waals surface area (Å²) in [5.41, 5.74) is 1.96. The lowest BCUT2D eigenvalue weighted by molar-refractivity contribution is 0.232. The number of hydrogen-bond donors (Lipinski definition) is 1. The van der Waals surface area contributed by atoms with Crippen molar-refractivity contribution in [1.82, 2.24) is 0 Å². The van der Waals surface area contributed by atoms with Crippen LogP contribution in [0, 0.1) is 0 Å². The fraction of sp³-hybridized carbons (Fsp3) is 0.273. The molecule has 0 amide bonds. The molecule has 1 rings (SSSR count). The van der Waals surface area contributed by atoms with Crippen LogP contribution in [0.3, 0.4) is 0 Å². The Morgan fingerprint density at radius 1 is 1.57 bits per heavy atom. The fourth-order valence-corrected chi connectivity index (χ4v) is 1.50. The van der Waals surface area contributed by atoms with Gasteiger partial charge in [0.05, 0.1) is 11.1 Å². The second-order valence-electron chi connectivity index (χ2n) is 3.24. The van der Waals surface area contributed by atoms with E-state index in [-0.39, 0.29) is 0 Å². The molecule has 1 aromatic rings. The van der Waals surface area contributed by atoms with Crippen molar-refractivity contribution in [2.24, 2.45) is 0 Å². The first-order valence-corrected chi connectivity index (χ1v) is 5.49. The van der Waals surface area contributed by atoms with Gasteiger partial charge in [0.1, 0.15) is 0 Å². The van der Waals surface area contributed by atoms with Gasteiger partial charge in [0.2, 0.25) is 0 Å². The molecule has 0 bridgehead atoms. The zero-order valence-electron chi connectivity index (χ0n) is 8.09. The number of halogens is 2. The molecule has 76 valence electrons. The van der Waals surface area contributed by atoms with Gasteiger partial charge >= 0.3 is 0 Å². The Balaban J connectivity index is 2.98. The number of aliphatic hydroxyl groups is 1. The van der Waals surface area contributed by atoms with Crippen LogP contribution in [0.25, 0.3) is 6.08 Å². The van der Waals surface area contributed by atoms with Crippen LogP contribution >= 0.6 is 27.5 Å². The molecule has 0 saturated heterocycles. The third-order valence-corrected chi connectivity index (χ3v) is 3.21. The monoisotopic (exact) mass is 274 g/mol. The van der Waals surface area contributed by atoms with E-state index in [2.05, 4.69) is 15.9 Å². The molecule has 0 spiro atoms. The molecule has 0 aliphatic heterocycles. The van der Waals surface area contributed by atoms with E-state index in [1.807, 2.05) is 31.2 Å². The van der Waals surface area contributed by atoms with Crippen molar-refractivity contribution < 1.29 is 5.11 Å². The maximum Gasteiger partial charge on any atom is 0.0722 e. The molecular weight excluding hydrogens is 263 g/mol. The van der Waals surface area contributed by atoms with Gasteiger partial charge in [-0.05, 0) is 53.0 Å². The fourth-order valence-electron chi connectivity index (χ4n) is 0.986. The van der Waals surface area contributed by atoms with Crippen molar-refractivity contribution in [3.63, 3.8) is 0 Å². The van der Waals surface area contributed by atoms with Crippen molar-refractivity contribution >= 4 is 33.6 Å². The molecule has 0 saturated carbocycles. The lowest BCUT2D eigenvalue weighted by Crippen LogP contribution is -2.00. The summed E-state index contributed by atoms with van der Waals surface area (Å²) < 4.78 is 0.867. The van der Waals surface area contributed by atoms with Gasteiger partial charge in [-0.2, -0.15) is 0 Å². The molecule has 1 aromatic carbocycles. The molecule has 14 heavy (non-hydrogen) atoms. The van der Waals surface area contributed by atoms with Crippen LogP contribution in [0.1, 0.15) is 19.4 Å². The molecule has 0 aromatic heterocycles. The zero-order valence-corrected chi connectivity index (χ0v) is 10.4. The number of aliphatic hydroxyl groups excluding tert-OH is 1. The lowest BCUT2D eigenvalue weighted by atomic mass is 10.1. The predicted molar refractivity (Wildman–Crippen MR) is 64.5 cm³/mol. The predicted octanol–water partition coefficient (Wildman–Crippen LogP) is 3.89. The second-order valence-corrected chi connectivity index (χ2v) is 4.50. The van der Waals surface area contributed by atoms with Crippen LogP contribution < -0.4 is 0 Å². The zero-order chi connectivity index (χ0) is 10.7. The standard InChI is InChI=1S/C11H12BrClO/c1-7(8(2)14)5-9-3-4-11(13)10(12)6-9/h3-6,8,14H,1-2H3/b7-5+. The third-order valence-electron chi connectivity index (χ3n) is 2.00. The maximum atomic E-state index is 9.30. The van der Waals surface area contributed by atoms with Gasteiger partial charge < -0.3 is 5.11 Å². The topological polar surface area (TPSA) is 20.2 Å². The molecule has 0 heterocycles. The number of hydrogen-bond acceptors (Lipinski definition) is 1. The molecule has 0 aliphatic rings. The Morgan fingerprint density at radius 2 is 2.21 bits per heavy atom. The van der Waals surface area contributed by atoms with E-state index >= 15 is 0 Å². The highest BCUT2D eigenvalue weighted by Crippen LogP contribution is 2.24. The average molecular weight is 276 g/mol. The second kappa shape index (κ2) is 4.96. The van der Waals surface area contributed by atoms with Crippen LogP contribution in [0.4, 0.5) is 0 Å². The van der Waals surface area contributed by atoms with Gasteiger partial charge in [-0.25, -0.2) is 0 Å². The highest BCUT2D eigenvalue weighted by atomic mass is 79.9. The molecular formula is C11H12BrClO. The Morgan fingerprint density at radius 3 is 2.71 bits per heavy atom. The molecule has 1 unspecified atom stereocenters. The molecule has 1 N–H and O–H groups in total. The summed E-state index contributed by atoms with van der Waals surface area (Å²) in [7, 11) is 0. The third kappa shape index (κ3) is 3.12. The maximum absolute atomic E-state index is 9.30. The van der Waals surface area contributed by atoms with Crippen LogP contribution in [-0.2, 0) is 0 Å². The summed E-state index contributed by atoms with van der Waals surface area (Å²) in [6.07, 6.45) is 1.52. The first kappa shape index (κ1) is 11.8. The Hall–Kier alpha value is -0.310. The molecule has 1 atom stereocenters. The van der Waals surface area contributed by atoms with Crippen LogP contribution in [0.2, 0.25) is 5.02 Å². The van der Waals surface area contributed by atoms with Crippen LogP contribution in [0.15, 0.2) is 28.2 Å². The van der Waals surface area contributed by atoms with Crippen molar-refractivity contribution in [2.45, 2.75) is 20.0 Å². The lowest BCUT2D eigenvalue weighted by Gasteiger charge is -2.04. The average Bonchev–Trinajstić information content (AvgIpc) is 2.11.